The van der Waals surface area contributed by atoms with E-state index in [0.717, 1.165) is 40.0 Å². The minimum Gasteiger partial charge on any atom is -0.472 e. The molecule has 3 aromatic rings. The van der Waals surface area contributed by atoms with Gasteiger partial charge in [0.05, 0.1) is 18.2 Å². The van der Waals surface area contributed by atoms with E-state index in [1.807, 2.05) is 44.2 Å². The maximum absolute atomic E-state index is 12.6. The van der Waals surface area contributed by atoms with Crippen LogP contribution >= 0.6 is 0 Å². The van der Waals surface area contributed by atoms with Crippen LogP contribution in [0.15, 0.2) is 59.4 Å². The fourth-order valence-corrected chi connectivity index (χ4v) is 3.60. The van der Waals surface area contributed by atoms with Crippen LogP contribution < -0.4 is 10.2 Å². The lowest BCUT2D eigenvalue weighted by Crippen LogP contribution is -2.28. The van der Waals surface area contributed by atoms with Gasteiger partial charge in [-0.3, -0.25) is 9.59 Å². The molecule has 5 nitrogen and oxygen atoms in total. The van der Waals surface area contributed by atoms with Crippen molar-refractivity contribution in [3.05, 3.63) is 82.8 Å². The third-order valence-corrected chi connectivity index (χ3v) is 5.13. The molecule has 0 aliphatic carbocycles. The fourth-order valence-electron chi connectivity index (χ4n) is 3.60. The Morgan fingerprint density at radius 2 is 1.96 bits per heavy atom. The number of furan rings is 1. The number of carbonyl (C=O) groups excluding carboxylic acids is 2. The van der Waals surface area contributed by atoms with Crippen LogP contribution in [0, 0.1) is 13.8 Å². The zero-order valence-electron chi connectivity index (χ0n) is 16.0. The van der Waals surface area contributed by atoms with Crippen LogP contribution in [0.4, 0.5) is 11.4 Å². The van der Waals surface area contributed by atoms with E-state index in [2.05, 4.69) is 11.4 Å². The highest BCUT2D eigenvalue weighted by atomic mass is 16.3. The van der Waals surface area contributed by atoms with Gasteiger partial charge >= 0.3 is 0 Å². The second-order valence-electron chi connectivity index (χ2n) is 7.22. The highest BCUT2D eigenvalue weighted by Gasteiger charge is 2.26. The van der Waals surface area contributed by atoms with Gasteiger partial charge in [0.1, 0.15) is 6.26 Å². The predicted molar refractivity (Wildman–Crippen MR) is 109 cm³/mol. The van der Waals surface area contributed by atoms with Crippen molar-refractivity contribution in [2.24, 2.45) is 0 Å². The maximum Gasteiger partial charge on any atom is 0.261 e. The van der Waals surface area contributed by atoms with E-state index >= 15 is 0 Å². The first kappa shape index (κ1) is 18.0. The van der Waals surface area contributed by atoms with Gasteiger partial charge in [-0.15, -0.1) is 0 Å². The van der Waals surface area contributed by atoms with Gasteiger partial charge in [0.2, 0.25) is 5.91 Å². The standard InChI is InChI=1S/C23H22N2O3/c1-15-3-4-16(2)19(11-15)13-22(26)24-20-5-6-21-17(12-20)7-9-25(21)23(27)18-8-10-28-14-18/h3-6,8,10-12,14H,7,9,13H2,1-2H3,(H,24,26). The summed E-state index contributed by atoms with van der Waals surface area (Å²) in [5, 5.41) is 2.98. The van der Waals surface area contributed by atoms with Crippen LogP contribution in [-0.2, 0) is 17.6 Å². The van der Waals surface area contributed by atoms with Gasteiger partial charge in [-0.05, 0) is 61.2 Å². The monoisotopic (exact) mass is 374 g/mol. The molecule has 4 rings (SSSR count). The summed E-state index contributed by atoms with van der Waals surface area (Å²) in [4.78, 5) is 26.8. The number of hydrogen-bond donors (Lipinski definition) is 1. The molecule has 0 saturated carbocycles. The van der Waals surface area contributed by atoms with E-state index in [0.29, 0.717) is 18.5 Å². The van der Waals surface area contributed by atoms with Crippen molar-refractivity contribution in [3.8, 4) is 0 Å². The molecule has 1 aliphatic rings. The van der Waals surface area contributed by atoms with Crippen LogP contribution in [0.3, 0.4) is 0 Å². The van der Waals surface area contributed by atoms with Gasteiger partial charge in [0, 0.05) is 17.9 Å². The third-order valence-electron chi connectivity index (χ3n) is 5.13. The highest BCUT2D eigenvalue weighted by molar-refractivity contribution is 6.07. The molecular formula is C23H22N2O3. The SMILES string of the molecule is Cc1ccc(C)c(CC(=O)Nc2ccc3c(c2)CCN3C(=O)c2ccoc2)c1. The van der Waals surface area contributed by atoms with Crippen molar-refractivity contribution >= 4 is 23.2 Å². The molecule has 142 valence electrons. The molecule has 2 aromatic carbocycles. The van der Waals surface area contributed by atoms with Crippen LogP contribution in [0.25, 0.3) is 0 Å². The molecule has 1 aliphatic heterocycles. The average molecular weight is 374 g/mol. The quantitative estimate of drug-likeness (QED) is 0.741. The topological polar surface area (TPSA) is 62.6 Å². The van der Waals surface area contributed by atoms with Crippen molar-refractivity contribution < 1.29 is 14.0 Å². The van der Waals surface area contributed by atoms with Crippen LogP contribution in [0.1, 0.15) is 32.6 Å². The van der Waals surface area contributed by atoms with Gasteiger partial charge in [-0.25, -0.2) is 0 Å². The largest absolute Gasteiger partial charge is 0.472 e. The number of fused-ring (bicyclic) bond motifs is 1. The van der Waals surface area contributed by atoms with Crippen molar-refractivity contribution in [2.75, 3.05) is 16.8 Å². The first-order chi connectivity index (χ1) is 13.5. The molecule has 1 aromatic heterocycles. The highest BCUT2D eigenvalue weighted by Crippen LogP contribution is 2.31. The molecule has 28 heavy (non-hydrogen) atoms. The predicted octanol–water partition coefficient (Wildman–Crippen LogP) is 4.28. The van der Waals surface area contributed by atoms with Crippen LogP contribution in [0.2, 0.25) is 0 Å². The Bertz CT molecular complexity index is 1040. The summed E-state index contributed by atoms with van der Waals surface area (Å²) < 4.78 is 5.02. The van der Waals surface area contributed by atoms with E-state index in [-0.39, 0.29) is 11.8 Å². The number of carbonyl (C=O) groups is 2. The van der Waals surface area contributed by atoms with Gasteiger partial charge in [-0.2, -0.15) is 0 Å². The number of nitrogens with zero attached hydrogens (tertiary/aromatic N) is 1. The van der Waals surface area contributed by atoms with Crippen molar-refractivity contribution in [2.45, 2.75) is 26.7 Å². The summed E-state index contributed by atoms with van der Waals surface area (Å²) in [5.74, 6) is -0.114. The number of benzene rings is 2. The summed E-state index contributed by atoms with van der Waals surface area (Å²) >= 11 is 0. The van der Waals surface area contributed by atoms with E-state index in [1.165, 1.54) is 12.5 Å². The van der Waals surface area contributed by atoms with Crippen LogP contribution in [-0.4, -0.2) is 18.4 Å². The average Bonchev–Trinajstić information content (AvgIpc) is 3.33. The van der Waals surface area contributed by atoms with Gasteiger partial charge in [0.25, 0.3) is 5.91 Å². The number of rotatable bonds is 4. The Hall–Kier alpha value is -3.34. The molecular weight excluding hydrogens is 352 g/mol. The molecule has 2 amide bonds. The summed E-state index contributed by atoms with van der Waals surface area (Å²) in [6.07, 6.45) is 4.07. The Morgan fingerprint density at radius 3 is 2.75 bits per heavy atom. The molecule has 5 heteroatoms. The molecule has 0 bridgehead atoms. The lowest BCUT2D eigenvalue weighted by Gasteiger charge is -2.16. The Labute approximate surface area is 164 Å². The molecule has 0 saturated heterocycles. The fraction of sp³-hybridized carbons (Fsp3) is 0.217. The maximum atomic E-state index is 12.6. The Morgan fingerprint density at radius 1 is 1.11 bits per heavy atom. The van der Waals surface area contributed by atoms with E-state index in [4.69, 9.17) is 4.42 Å². The zero-order valence-corrected chi connectivity index (χ0v) is 16.0. The summed E-state index contributed by atoms with van der Waals surface area (Å²) in [6, 6.07) is 13.5. The van der Waals surface area contributed by atoms with Crippen LogP contribution in [0.5, 0.6) is 0 Å². The molecule has 0 spiro atoms. The molecule has 0 radical (unpaired) electrons. The lowest BCUT2D eigenvalue weighted by molar-refractivity contribution is -0.115. The number of amides is 2. The normalized spacial score (nSPS) is 12.7. The van der Waals surface area contributed by atoms with Crippen molar-refractivity contribution in [1.82, 2.24) is 0 Å². The molecule has 0 atom stereocenters. The first-order valence-corrected chi connectivity index (χ1v) is 9.34. The number of nitrogens with one attached hydrogen (secondary N) is 1. The summed E-state index contributed by atoms with van der Waals surface area (Å²) in [7, 11) is 0. The minimum atomic E-state index is -0.0702. The molecule has 1 N–H and O–H groups in total. The number of hydrogen-bond acceptors (Lipinski definition) is 3. The van der Waals surface area contributed by atoms with Gasteiger partial charge < -0.3 is 14.6 Å². The Kier molecular flexibility index (Phi) is 4.74. The second-order valence-corrected chi connectivity index (χ2v) is 7.22. The lowest BCUT2D eigenvalue weighted by atomic mass is 10.0. The van der Waals surface area contributed by atoms with Gasteiger partial charge in [-0.1, -0.05) is 23.8 Å². The van der Waals surface area contributed by atoms with E-state index in [1.54, 1.807) is 11.0 Å². The molecule has 0 unspecified atom stereocenters. The second kappa shape index (κ2) is 7.35. The van der Waals surface area contributed by atoms with Crippen molar-refractivity contribution in [1.29, 1.82) is 0 Å². The summed E-state index contributed by atoms with van der Waals surface area (Å²) in [5.41, 5.74) is 6.54. The minimum absolute atomic E-state index is 0.0435. The van der Waals surface area contributed by atoms with Gasteiger partial charge in [0.15, 0.2) is 0 Å². The number of aryl methyl sites for hydroxylation is 2. The summed E-state index contributed by atoms with van der Waals surface area (Å²) in [6.45, 7) is 4.67. The van der Waals surface area contributed by atoms with E-state index in [9.17, 15) is 9.59 Å². The third kappa shape index (κ3) is 3.56. The number of anilines is 2. The zero-order chi connectivity index (χ0) is 19.7. The molecule has 0 fully saturated rings. The Balaban J connectivity index is 1.47. The first-order valence-electron chi connectivity index (χ1n) is 9.34. The smallest absolute Gasteiger partial charge is 0.261 e. The molecule has 2 heterocycles. The van der Waals surface area contributed by atoms with E-state index < -0.39 is 0 Å². The van der Waals surface area contributed by atoms with Crippen molar-refractivity contribution in [3.63, 3.8) is 0 Å².